The zero-order chi connectivity index (χ0) is 20.8. The van der Waals surface area contributed by atoms with E-state index in [-0.39, 0.29) is 11.5 Å². The first-order valence-electron chi connectivity index (χ1n) is 10.2. The number of carbonyl (C=O) groups excluding carboxylic acids is 1. The molecule has 3 aromatic rings. The lowest BCUT2D eigenvalue weighted by Gasteiger charge is -2.31. The van der Waals surface area contributed by atoms with E-state index in [1.807, 2.05) is 72.8 Å². The van der Waals surface area contributed by atoms with Crippen LogP contribution in [0.25, 0.3) is 17.3 Å². The van der Waals surface area contributed by atoms with Gasteiger partial charge in [0.15, 0.2) is 0 Å². The van der Waals surface area contributed by atoms with Crippen molar-refractivity contribution in [3.63, 3.8) is 0 Å². The number of nitrogens with one attached hydrogen (secondary N) is 1. The van der Waals surface area contributed by atoms with Crippen molar-refractivity contribution in [3.05, 3.63) is 95.7 Å². The number of carbonyl (C=O) groups is 1. The van der Waals surface area contributed by atoms with Gasteiger partial charge in [-0.05, 0) is 36.6 Å². The Bertz CT molecular complexity index is 1090. The molecular formula is C26H23N3O. The summed E-state index contributed by atoms with van der Waals surface area (Å²) in [5, 5.41) is 12.8. The maximum Gasteiger partial charge on any atom is 0.262 e. The average Bonchev–Trinajstić information content (AvgIpc) is 3.28. The molecule has 1 aliphatic carbocycles. The van der Waals surface area contributed by atoms with Crippen LogP contribution in [0.4, 0.5) is 0 Å². The van der Waals surface area contributed by atoms with Crippen molar-refractivity contribution < 1.29 is 4.79 Å². The van der Waals surface area contributed by atoms with E-state index in [2.05, 4.69) is 16.4 Å². The summed E-state index contributed by atoms with van der Waals surface area (Å²) in [4.78, 5) is 17.7. The van der Waals surface area contributed by atoms with Gasteiger partial charge in [-0.3, -0.25) is 4.79 Å². The number of pyridine rings is 1. The molecule has 1 aromatic heterocycles. The summed E-state index contributed by atoms with van der Waals surface area (Å²) in [6.45, 7) is 0. The molecule has 30 heavy (non-hydrogen) atoms. The van der Waals surface area contributed by atoms with E-state index in [1.54, 1.807) is 12.1 Å². The zero-order valence-corrected chi connectivity index (χ0v) is 16.7. The number of nitrogens with zero attached hydrogens (tertiary/aromatic N) is 2. The van der Waals surface area contributed by atoms with E-state index in [1.165, 1.54) is 0 Å². The van der Waals surface area contributed by atoms with E-state index in [9.17, 15) is 10.1 Å². The number of aromatic nitrogens is 1. The number of amides is 1. The summed E-state index contributed by atoms with van der Waals surface area (Å²) in [6.07, 6.45) is 5.44. The summed E-state index contributed by atoms with van der Waals surface area (Å²) in [6, 6.07) is 27.5. The van der Waals surface area contributed by atoms with E-state index < -0.39 is 5.54 Å². The molecule has 0 unspecified atom stereocenters. The quantitative estimate of drug-likeness (QED) is 0.476. The predicted octanol–water partition coefficient (Wildman–Crippen LogP) is 5.24. The highest BCUT2D eigenvalue weighted by atomic mass is 16.1. The first-order chi connectivity index (χ1) is 14.7. The van der Waals surface area contributed by atoms with Gasteiger partial charge >= 0.3 is 0 Å². The summed E-state index contributed by atoms with van der Waals surface area (Å²) in [7, 11) is 0. The smallest absolute Gasteiger partial charge is 0.262 e. The molecule has 1 aliphatic rings. The van der Waals surface area contributed by atoms with Crippen molar-refractivity contribution >= 4 is 12.0 Å². The van der Waals surface area contributed by atoms with Gasteiger partial charge in [0.2, 0.25) is 0 Å². The lowest BCUT2D eigenvalue weighted by molar-refractivity contribution is -0.119. The van der Waals surface area contributed by atoms with Gasteiger partial charge in [-0.2, -0.15) is 5.26 Å². The molecule has 4 nitrogen and oxygen atoms in total. The molecule has 148 valence electrons. The Kier molecular flexibility index (Phi) is 5.72. The molecule has 0 spiro atoms. The van der Waals surface area contributed by atoms with Crippen LogP contribution in [0.15, 0.2) is 84.4 Å². The van der Waals surface area contributed by atoms with Crippen LogP contribution >= 0.6 is 0 Å². The van der Waals surface area contributed by atoms with Crippen LogP contribution in [-0.2, 0) is 10.3 Å². The maximum atomic E-state index is 13.0. The highest BCUT2D eigenvalue weighted by molar-refractivity contribution is 6.02. The zero-order valence-electron chi connectivity index (χ0n) is 16.7. The van der Waals surface area contributed by atoms with Gasteiger partial charge in [-0.25, -0.2) is 4.98 Å². The van der Waals surface area contributed by atoms with Crippen LogP contribution in [0.1, 0.15) is 36.9 Å². The topological polar surface area (TPSA) is 65.8 Å². The minimum Gasteiger partial charge on any atom is -0.342 e. The SMILES string of the molecule is N#C/C(=C\c1cccc(-c2ccccc2)n1)C(=O)NC1(c2ccccc2)CCCC1. The van der Waals surface area contributed by atoms with Crippen molar-refractivity contribution in [1.29, 1.82) is 5.26 Å². The Labute approximate surface area is 176 Å². The number of hydrogen-bond acceptors (Lipinski definition) is 3. The van der Waals surface area contributed by atoms with Crippen molar-refractivity contribution in [2.45, 2.75) is 31.2 Å². The fourth-order valence-corrected chi connectivity index (χ4v) is 4.10. The second-order valence-electron chi connectivity index (χ2n) is 7.59. The molecule has 0 atom stereocenters. The Morgan fingerprint density at radius 2 is 1.60 bits per heavy atom. The van der Waals surface area contributed by atoms with E-state index in [4.69, 9.17) is 0 Å². The third-order valence-electron chi connectivity index (χ3n) is 5.63. The van der Waals surface area contributed by atoms with E-state index >= 15 is 0 Å². The molecule has 0 saturated heterocycles. The van der Waals surface area contributed by atoms with Crippen molar-refractivity contribution in [2.24, 2.45) is 0 Å². The van der Waals surface area contributed by atoms with Gasteiger partial charge < -0.3 is 5.32 Å². The molecule has 0 aliphatic heterocycles. The summed E-state index contributed by atoms with van der Waals surface area (Å²) in [5.74, 6) is -0.352. The Morgan fingerprint density at radius 3 is 2.27 bits per heavy atom. The van der Waals surface area contributed by atoms with E-state index in [0.717, 1.165) is 42.5 Å². The van der Waals surface area contributed by atoms with Crippen molar-refractivity contribution in [1.82, 2.24) is 10.3 Å². The Morgan fingerprint density at radius 1 is 0.933 bits per heavy atom. The monoisotopic (exact) mass is 393 g/mol. The molecule has 2 aromatic carbocycles. The average molecular weight is 393 g/mol. The number of rotatable bonds is 5. The molecule has 4 rings (SSSR count). The molecule has 4 heteroatoms. The van der Waals surface area contributed by atoms with Crippen LogP contribution in [-0.4, -0.2) is 10.9 Å². The predicted molar refractivity (Wildman–Crippen MR) is 118 cm³/mol. The van der Waals surface area contributed by atoms with E-state index in [0.29, 0.717) is 5.69 Å². The van der Waals surface area contributed by atoms with Crippen LogP contribution in [0, 0.1) is 11.3 Å². The highest BCUT2D eigenvalue weighted by Crippen LogP contribution is 2.38. The standard InChI is InChI=1S/C26H23N3O/c27-19-21(18-23-14-9-15-24(28-23)20-10-3-1-4-11-20)25(30)29-26(16-7-8-17-26)22-12-5-2-6-13-22/h1-6,9-15,18H,7-8,16-17H2,(H,29,30)/b21-18+. The van der Waals surface area contributed by atoms with Crippen LogP contribution in [0.2, 0.25) is 0 Å². The third kappa shape index (κ3) is 4.16. The van der Waals surface area contributed by atoms with Gasteiger partial charge in [0.1, 0.15) is 11.6 Å². The molecule has 1 amide bonds. The normalized spacial score (nSPS) is 15.4. The van der Waals surface area contributed by atoms with Crippen LogP contribution in [0.3, 0.4) is 0 Å². The van der Waals surface area contributed by atoms with Crippen molar-refractivity contribution in [2.75, 3.05) is 0 Å². The highest BCUT2D eigenvalue weighted by Gasteiger charge is 2.37. The Hall–Kier alpha value is -3.71. The summed E-state index contributed by atoms with van der Waals surface area (Å²) in [5.41, 5.74) is 3.13. The summed E-state index contributed by atoms with van der Waals surface area (Å²) >= 11 is 0. The minimum absolute atomic E-state index is 0.0647. The fourth-order valence-electron chi connectivity index (χ4n) is 4.10. The van der Waals surface area contributed by atoms with Gasteiger partial charge in [0, 0.05) is 5.56 Å². The molecule has 1 saturated carbocycles. The second-order valence-corrected chi connectivity index (χ2v) is 7.59. The number of benzene rings is 2. The first-order valence-corrected chi connectivity index (χ1v) is 10.2. The largest absolute Gasteiger partial charge is 0.342 e. The summed E-state index contributed by atoms with van der Waals surface area (Å²) < 4.78 is 0. The molecule has 0 bridgehead atoms. The second kappa shape index (κ2) is 8.75. The van der Waals surface area contributed by atoms with Crippen LogP contribution < -0.4 is 5.32 Å². The van der Waals surface area contributed by atoms with Gasteiger partial charge in [0.05, 0.1) is 16.9 Å². The van der Waals surface area contributed by atoms with Gasteiger partial charge in [-0.15, -0.1) is 0 Å². The first kappa shape index (κ1) is 19.6. The molecule has 0 radical (unpaired) electrons. The van der Waals surface area contributed by atoms with Gasteiger partial charge in [-0.1, -0.05) is 79.6 Å². The molecule has 1 heterocycles. The van der Waals surface area contributed by atoms with Crippen molar-refractivity contribution in [3.8, 4) is 17.3 Å². The van der Waals surface area contributed by atoms with Gasteiger partial charge in [0.25, 0.3) is 5.91 Å². The fraction of sp³-hybridized carbons (Fsp3) is 0.192. The minimum atomic E-state index is -0.409. The lowest BCUT2D eigenvalue weighted by Crippen LogP contribution is -2.44. The van der Waals surface area contributed by atoms with Crippen LogP contribution in [0.5, 0.6) is 0 Å². The molecule has 1 fully saturated rings. The molecular weight excluding hydrogens is 370 g/mol. The Balaban J connectivity index is 1.60. The third-order valence-corrected chi connectivity index (χ3v) is 5.63. The number of nitriles is 1. The number of hydrogen-bond donors (Lipinski definition) is 1. The molecule has 1 N–H and O–H groups in total. The maximum absolute atomic E-state index is 13.0. The lowest BCUT2D eigenvalue weighted by atomic mass is 9.88.